The molecule has 3 N–H and O–H groups in total. The summed E-state index contributed by atoms with van der Waals surface area (Å²) in [6.45, 7) is 4.13. The molecule has 0 radical (unpaired) electrons. The zero-order chi connectivity index (χ0) is 21.0. The molecule has 0 saturated carbocycles. The predicted molar refractivity (Wildman–Crippen MR) is 105 cm³/mol. The number of hydrogen-bond donors (Lipinski definition) is 2. The third-order valence-electron chi connectivity index (χ3n) is 5.09. The van der Waals surface area contributed by atoms with E-state index in [1.807, 2.05) is 0 Å². The first-order valence-electron chi connectivity index (χ1n) is 9.78. The number of ether oxygens (including phenoxy) is 1. The van der Waals surface area contributed by atoms with Crippen LogP contribution in [0.1, 0.15) is 59.2 Å². The summed E-state index contributed by atoms with van der Waals surface area (Å²) < 4.78 is 5.58. The molecule has 2 aliphatic heterocycles. The van der Waals surface area contributed by atoms with Crippen LogP contribution in [0.4, 0.5) is 0 Å². The summed E-state index contributed by atoms with van der Waals surface area (Å²) >= 11 is 0. The minimum Gasteiger partial charge on any atom is -0.485 e. The smallest absolute Gasteiger partial charge is 0.266 e. The molecule has 8 heteroatoms. The summed E-state index contributed by atoms with van der Waals surface area (Å²) in [5, 5.41) is 2.59. The van der Waals surface area contributed by atoms with E-state index in [4.69, 9.17) is 10.5 Å². The van der Waals surface area contributed by atoms with Gasteiger partial charge in [-0.05, 0) is 44.4 Å². The van der Waals surface area contributed by atoms with Crippen LogP contribution in [-0.4, -0.2) is 47.6 Å². The number of hydrogen-bond acceptors (Lipinski definition) is 6. The fraction of sp³-hybridized carbons (Fsp3) is 0.429. The second-order valence-corrected chi connectivity index (χ2v) is 7.23. The Kier molecular flexibility index (Phi) is 6.43. The molecule has 0 aliphatic carbocycles. The molecule has 154 valence electrons. The number of nitrogens with zero attached hydrogens (tertiary/aromatic N) is 1. The topological polar surface area (TPSA) is 119 Å². The number of Topliss-reactive ketones (excluding diaryl/α,β-unsaturated/α-hetero) is 1. The number of unbranched alkanes of at least 4 members (excludes halogenated alkanes) is 2. The number of fused-ring (bicyclic) bond motifs is 1. The fourth-order valence-electron chi connectivity index (χ4n) is 3.56. The average molecular weight is 399 g/mol. The SMILES string of the molecule is C=C1CCC(N2C(=O)c3cccc(OCC(=O)CCCCCN)c3C2=O)C(=O)N1. The maximum absolute atomic E-state index is 13.0. The van der Waals surface area contributed by atoms with Crippen molar-refractivity contribution < 1.29 is 23.9 Å². The van der Waals surface area contributed by atoms with Crippen molar-refractivity contribution in [3.8, 4) is 5.75 Å². The molecule has 3 rings (SSSR count). The normalized spacial score (nSPS) is 18.7. The summed E-state index contributed by atoms with van der Waals surface area (Å²) in [5.41, 5.74) is 6.28. The summed E-state index contributed by atoms with van der Waals surface area (Å²) in [5.74, 6) is -1.44. The lowest BCUT2D eigenvalue weighted by molar-refractivity contribution is -0.125. The maximum Gasteiger partial charge on any atom is 0.266 e. The highest BCUT2D eigenvalue weighted by Gasteiger charge is 2.45. The van der Waals surface area contributed by atoms with Crippen LogP contribution >= 0.6 is 0 Å². The molecular weight excluding hydrogens is 374 g/mol. The van der Waals surface area contributed by atoms with Crippen molar-refractivity contribution in [3.05, 3.63) is 41.6 Å². The fourth-order valence-corrected chi connectivity index (χ4v) is 3.56. The van der Waals surface area contributed by atoms with Crippen LogP contribution in [0.2, 0.25) is 0 Å². The molecule has 2 aliphatic rings. The molecule has 1 fully saturated rings. The number of rotatable bonds is 9. The van der Waals surface area contributed by atoms with Gasteiger partial charge in [0.15, 0.2) is 5.78 Å². The highest BCUT2D eigenvalue weighted by molar-refractivity contribution is 6.24. The summed E-state index contributed by atoms with van der Waals surface area (Å²) in [7, 11) is 0. The van der Waals surface area contributed by atoms with E-state index < -0.39 is 23.8 Å². The van der Waals surface area contributed by atoms with Crippen molar-refractivity contribution in [2.75, 3.05) is 13.2 Å². The Morgan fingerprint density at radius 3 is 2.72 bits per heavy atom. The Morgan fingerprint density at radius 1 is 1.21 bits per heavy atom. The molecule has 0 bridgehead atoms. The standard InChI is InChI=1S/C21H25N3O5/c1-13-9-10-16(19(26)23-13)24-20(27)15-7-5-8-17(18(15)21(24)28)29-12-14(25)6-3-2-4-11-22/h5,7-8,16H,1-4,6,9-12,22H2,(H,23,26). The molecule has 1 aromatic carbocycles. The van der Waals surface area contributed by atoms with Crippen molar-refractivity contribution in [1.29, 1.82) is 0 Å². The molecule has 1 aromatic rings. The van der Waals surface area contributed by atoms with Crippen LogP contribution < -0.4 is 15.8 Å². The van der Waals surface area contributed by atoms with Gasteiger partial charge in [0, 0.05) is 12.1 Å². The molecule has 2 heterocycles. The van der Waals surface area contributed by atoms with Gasteiger partial charge in [0.1, 0.15) is 18.4 Å². The van der Waals surface area contributed by atoms with Crippen LogP contribution in [0.5, 0.6) is 5.75 Å². The van der Waals surface area contributed by atoms with Gasteiger partial charge in [0.25, 0.3) is 11.8 Å². The van der Waals surface area contributed by atoms with Gasteiger partial charge >= 0.3 is 0 Å². The van der Waals surface area contributed by atoms with Crippen LogP contribution in [0.3, 0.4) is 0 Å². The van der Waals surface area contributed by atoms with E-state index in [-0.39, 0.29) is 29.3 Å². The Hall–Kier alpha value is -3.00. The second-order valence-electron chi connectivity index (χ2n) is 7.23. The van der Waals surface area contributed by atoms with Gasteiger partial charge in [-0.2, -0.15) is 0 Å². The van der Waals surface area contributed by atoms with Gasteiger partial charge in [-0.15, -0.1) is 0 Å². The minimum absolute atomic E-state index is 0.0848. The molecule has 8 nitrogen and oxygen atoms in total. The largest absolute Gasteiger partial charge is 0.485 e. The number of piperidine rings is 1. The summed E-state index contributed by atoms with van der Waals surface area (Å²) in [4.78, 5) is 51.1. The quantitative estimate of drug-likeness (QED) is 0.480. The highest BCUT2D eigenvalue weighted by atomic mass is 16.5. The molecule has 1 saturated heterocycles. The van der Waals surface area contributed by atoms with Gasteiger partial charge in [-0.3, -0.25) is 24.1 Å². The van der Waals surface area contributed by atoms with Crippen molar-refractivity contribution in [1.82, 2.24) is 10.2 Å². The molecule has 3 amide bonds. The van der Waals surface area contributed by atoms with Crippen LogP contribution in [-0.2, 0) is 9.59 Å². The number of carbonyl (C=O) groups excluding carboxylic acids is 4. The summed E-state index contributed by atoms with van der Waals surface area (Å²) in [6.07, 6.45) is 3.68. The van der Waals surface area contributed by atoms with E-state index in [9.17, 15) is 19.2 Å². The van der Waals surface area contributed by atoms with Gasteiger partial charge in [0.2, 0.25) is 5.91 Å². The van der Waals surface area contributed by atoms with E-state index in [1.54, 1.807) is 12.1 Å². The van der Waals surface area contributed by atoms with Gasteiger partial charge in [-0.25, -0.2) is 0 Å². The molecule has 0 aromatic heterocycles. The molecular formula is C21H25N3O5. The Labute approximate surface area is 169 Å². The lowest BCUT2D eigenvalue weighted by Gasteiger charge is -2.29. The van der Waals surface area contributed by atoms with Gasteiger partial charge < -0.3 is 15.8 Å². The molecule has 29 heavy (non-hydrogen) atoms. The zero-order valence-electron chi connectivity index (χ0n) is 16.2. The van der Waals surface area contributed by atoms with Crippen molar-refractivity contribution in [3.63, 3.8) is 0 Å². The van der Waals surface area contributed by atoms with Crippen molar-refractivity contribution in [2.45, 2.75) is 44.6 Å². The molecule has 0 spiro atoms. The van der Waals surface area contributed by atoms with Gasteiger partial charge in [0.05, 0.1) is 11.1 Å². The van der Waals surface area contributed by atoms with E-state index in [2.05, 4.69) is 11.9 Å². The van der Waals surface area contributed by atoms with Crippen LogP contribution in [0.15, 0.2) is 30.5 Å². The number of carbonyl (C=O) groups is 4. The van der Waals surface area contributed by atoms with E-state index in [0.29, 0.717) is 31.5 Å². The zero-order valence-corrected chi connectivity index (χ0v) is 16.2. The number of amides is 3. The van der Waals surface area contributed by atoms with Gasteiger partial charge in [-0.1, -0.05) is 19.1 Å². The third-order valence-corrected chi connectivity index (χ3v) is 5.09. The Bertz CT molecular complexity index is 864. The number of benzene rings is 1. The maximum atomic E-state index is 13.0. The number of allylic oxidation sites excluding steroid dienone is 1. The van der Waals surface area contributed by atoms with Crippen LogP contribution in [0, 0.1) is 0 Å². The average Bonchev–Trinajstić information content (AvgIpc) is 2.95. The van der Waals surface area contributed by atoms with E-state index in [1.165, 1.54) is 6.07 Å². The minimum atomic E-state index is -0.884. The van der Waals surface area contributed by atoms with Crippen molar-refractivity contribution in [2.24, 2.45) is 5.73 Å². The molecule has 1 atom stereocenters. The molecule has 1 unspecified atom stereocenters. The number of nitrogens with two attached hydrogens (primary N) is 1. The Morgan fingerprint density at radius 2 is 2.00 bits per heavy atom. The lowest BCUT2D eigenvalue weighted by atomic mass is 10.0. The van der Waals surface area contributed by atoms with E-state index in [0.717, 1.165) is 24.2 Å². The number of ketones is 1. The van der Waals surface area contributed by atoms with E-state index >= 15 is 0 Å². The first kappa shape index (κ1) is 20.7. The monoisotopic (exact) mass is 399 g/mol. The highest BCUT2D eigenvalue weighted by Crippen LogP contribution is 2.34. The first-order valence-corrected chi connectivity index (χ1v) is 9.78. The summed E-state index contributed by atoms with van der Waals surface area (Å²) in [6, 6.07) is 3.79. The van der Waals surface area contributed by atoms with Crippen LogP contribution in [0.25, 0.3) is 0 Å². The Balaban J connectivity index is 1.71. The number of nitrogens with one attached hydrogen (secondary N) is 1. The van der Waals surface area contributed by atoms with Crippen molar-refractivity contribution >= 4 is 23.5 Å². The number of imide groups is 1. The first-order chi connectivity index (χ1) is 13.9. The lowest BCUT2D eigenvalue weighted by Crippen LogP contribution is -2.51. The second kappa shape index (κ2) is 9.00. The predicted octanol–water partition coefficient (Wildman–Crippen LogP) is 1.54. The third kappa shape index (κ3) is 4.37.